The van der Waals surface area contributed by atoms with Crippen LogP contribution < -0.4 is 0 Å². The van der Waals surface area contributed by atoms with Gasteiger partial charge in [-0.15, -0.1) is 0 Å². The topological polar surface area (TPSA) is 26.3 Å². The molecule has 0 spiro atoms. The van der Waals surface area contributed by atoms with Gasteiger partial charge in [-0.05, 0) is 31.4 Å². The molecule has 2 heteroatoms. The van der Waals surface area contributed by atoms with E-state index in [0.717, 1.165) is 6.42 Å². The maximum absolute atomic E-state index is 11.9. The Labute approximate surface area is 101 Å². The zero-order valence-corrected chi connectivity index (χ0v) is 10.1. The van der Waals surface area contributed by atoms with Crippen molar-refractivity contribution in [3.63, 3.8) is 0 Å². The van der Waals surface area contributed by atoms with Crippen molar-refractivity contribution in [2.45, 2.75) is 25.9 Å². The van der Waals surface area contributed by atoms with Gasteiger partial charge in [0, 0.05) is 5.92 Å². The summed E-state index contributed by atoms with van der Waals surface area (Å²) >= 11 is 0. The molecule has 0 aromatic heterocycles. The van der Waals surface area contributed by atoms with Crippen LogP contribution in [0.3, 0.4) is 0 Å². The molecule has 3 rings (SSSR count). The smallest absolute Gasteiger partial charge is 0.310 e. The number of cyclic esters (lactones) is 1. The standard InChI is InChI=1S/C15H16O2/c1-15(2)13-8-7-10-5-3-4-6-11(10)9-12(13)14(16)17-15/h3-8,12-13H,9H2,1-2H3/t12-,13-/m1/s1. The number of ether oxygens (including phenoxy) is 1. The van der Waals surface area contributed by atoms with Crippen LogP contribution >= 0.6 is 0 Å². The monoisotopic (exact) mass is 228 g/mol. The molecule has 88 valence electrons. The number of hydrogen-bond acceptors (Lipinski definition) is 2. The van der Waals surface area contributed by atoms with E-state index in [0.29, 0.717) is 0 Å². The predicted octanol–water partition coefficient (Wildman–Crippen LogP) is 2.82. The number of esters is 1. The first-order chi connectivity index (χ1) is 8.08. The molecule has 0 saturated carbocycles. The summed E-state index contributed by atoms with van der Waals surface area (Å²) in [5.74, 6) is 0.105. The summed E-state index contributed by atoms with van der Waals surface area (Å²) in [5.41, 5.74) is 2.09. The summed E-state index contributed by atoms with van der Waals surface area (Å²) in [6.07, 6.45) is 5.06. The van der Waals surface area contributed by atoms with Crippen molar-refractivity contribution in [1.82, 2.24) is 0 Å². The average molecular weight is 228 g/mol. The van der Waals surface area contributed by atoms with E-state index < -0.39 is 0 Å². The first-order valence-corrected chi connectivity index (χ1v) is 6.07. The van der Waals surface area contributed by atoms with Gasteiger partial charge >= 0.3 is 5.97 Å². The minimum atomic E-state index is -0.375. The second kappa shape index (κ2) is 3.46. The summed E-state index contributed by atoms with van der Waals surface area (Å²) in [4.78, 5) is 11.9. The maximum Gasteiger partial charge on any atom is 0.310 e. The van der Waals surface area contributed by atoms with Crippen molar-refractivity contribution < 1.29 is 9.53 Å². The third-order valence-corrected chi connectivity index (χ3v) is 3.88. The van der Waals surface area contributed by atoms with Gasteiger partial charge in [0.15, 0.2) is 0 Å². The van der Waals surface area contributed by atoms with E-state index in [-0.39, 0.29) is 23.4 Å². The molecule has 0 unspecified atom stereocenters. The van der Waals surface area contributed by atoms with Gasteiger partial charge in [-0.1, -0.05) is 36.4 Å². The van der Waals surface area contributed by atoms with Crippen molar-refractivity contribution in [3.05, 3.63) is 41.5 Å². The Morgan fingerprint density at radius 2 is 2.06 bits per heavy atom. The summed E-state index contributed by atoms with van der Waals surface area (Å²) in [7, 11) is 0. The third-order valence-electron chi connectivity index (χ3n) is 3.88. The molecule has 1 saturated heterocycles. The Hall–Kier alpha value is -1.57. The summed E-state index contributed by atoms with van der Waals surface area (Å²) in [5, 5.41) is 0. The van der Waals surface area contributed by atoms with Crippen LogP contribution in [0.2, 0.25) is 0 Å². The summed E-state index contributed by atoms with van der Waals surface area (Å²) in [6.45, 7) is 3.99. The van der Waals surface area contributed by atoms with Crippen molar-refractivity contribution in [2.24, 2.45) is 11.8 Å². The number of hydrogen-bond donors (Lipinski definition) is 0. The first-order valence-electron chi connectivity index (χ1n) is 6.07. The zero-order chi connectivity index (χ0) is 12.0. The minimum absolute atomic E-state index is 0.0232. The van der Waals surface area contributed by atoms with Crippen molar-refractivity contribution in [2.75, 3.05) is 0 Å². The Morgan fingerprint density at radius 3 is 2.88 bits per heavy atom. The molecule has 1 aromatic carbocycles. The van der Waals surface area contributed by atoms with Gasteiger partial charge in [0.1, 0.15) is 5.60 Å². The molecular formula is C15H16O2. The molecule has 2 nitrogen and oxygen atoms in total. The van der Waals surface area contributed by atoms with E-state index in [4.69, 9.17) is 4.74 Å². The van der Waals surface area contributed by atoms with Crippen LogP contribution in [0.5, 0.6) is 0 Å². The number of carbonyl (C=O) groups is 1. The van der Waals surface area contributed by atoms with Crippen LogP contribution in [0.4, 0.5) is 0 Å². The number of rotatable bonds is 0. The number of carbonyl (C=O) groups excluding carboxylic acids is 1. The fraction of sp³-hybridized carbons (Fsp3) is 0.400. The van der Waals surface area contributed by atoms with Gasteiger partial charge in [0.25, 0.3) is 0 Å². The Morgan fingerprint density at radius 1 is 1.29 bits per heavy atom. The van der Waals surface area contributed by atoms with Crippen LogP contribution in [-0.2, 0) is 16.0 Å². The highest BCUT2D eigenvalue weighted by atomic mass is 16.6. The third kappa shape index (κ3) is 1.59. The average Bonchev–Trinajstić information content (AvgIpc) is 2.45. The molecule has 0 amide bonds. The van der Waals surface area contributed by atoms with Gasteiger partial charge in [-0.25, -0.2) is 0 Å². The predicted molar refractivity (Wildman–Crippen MR) is 66.3 cm³/mol. The fourth-order valence-corrected chi connectivity index (χ4v) is 2.94. The van der Waals surface area contributed by atoms with E-state index in [9.17, 15) is 4.79 Å². The number of benzene rings is 1. The maximum atomic E-state index is 11.9. The van der Waals surface area contributed by atoms with Crippen LogP contribution in [0.1, 0.15) is 25.0 Å². The normalized spacial score (nSPS) is 29.2. The Kier molecular flexibility index (Phi) is 2.15. The van der Waals surface area contributed by atoms with Crippen LogP contribution in [0.25, 0.3) is 6.08 Å². The Bertz CT molecular complexity index is 499. The van der Waals surface area contributed by atoms with Gasteiger partial charge in [0.05, 0.1) is 5.92 Å². The van der Waals surface area contributed by atoms with E-state index >= 15 is 0 Å². The lowest BCUT2D eigenvalue weighted by Gasteiger charge is -2.23. The number of fused-ring (bicyclic) bond motifs is 2. The minimum Gasteiger partial charge on any atom is -0.459 e. The van der Waals surface area contributed by atoms with Crippen molar-refractivity contribution >= 4 is 12.0 Å². The summed E-state index contributed by atoms with van der Waals surface area (Å²) < 4.78 is 5.48. The molecular weight excluding hydrogens is 212 g/mol. The molecule has 1 fully saturated rings. The van der Waals surface area contributed by atoms with Gasteiger partial charge in [-0.3, -0.25) is 4.79 Å². The molecule has 0 bridgehead atoms. The van der Waals surface area contributed by atoms with Gasteiger partial charge in [-0.2, -0.15) is 0 Å². The van der Waals surface area contributed by atoms with Gasteiger partial charge < -0.3 is 4.74 Å². The highest BCUT2D eigenvalue weighted by Gasteiger charge is 2.48. The lowest BCUT2D eigenvalue weighted by molar-refractivity contribution is -0.148. The van der Waals surface area contributed by atoms with Crippen molar-refractivity contribution in [3.8, 4) is 0 Å². The molecule has 0 N–H and O–H groups in total. The highest BCUT2D eigenvalue weighted by molar-refractivity contribution is 5.78. The highest BCUT2D eigenvalue weighted by Crippen LogP contribution is 2.42. The summed E-state index contributed by atoms with van der Waals surface area (Å²) in [6, 6.07) is 8.26. The van der Waals surface area contributed by atoms with Crippen LogP contribution in [-0.4, -0.2) is 11.6 Å². The molecule has 2 atom stereocenters. The van der Waals surface area contributed by atoms with Gasteiger partial charge in [0.2, 0.25) is 0 Å². The van der Waals surface area contributed by atoms with Crippen molar-refractivity contribution in [1.29, 1.82) is 0 Å². The quantitative estimate of drug-likeness (QED) is 0.638. The molecule has 1 aliphatic carbocycles. The van der Waals surface area contributed by atoms with E-state index in [2.05, 4.69) is 24.3 Å². The molecule has 2 aliphatic rings. The Balaban J connectivity index is 2.06. The second-order valence-electron chi connectivity index (χ2n) is 5.42. The van der Waals surface area contributed by atoms with Crippen LogP contribution in [0, 0.1) is 11.8 Å². The fourth-order valence-electron chi connectivity index (χ4n) is 2.94. The van der Waals surface area contributed by atoms with E-state index in [1.54, 1.807) is 0 Å². The molecule has 1 aliphatic heterocycles. The lowest BCUT2D eigenvalue weighted by Crippen LogP contribution is -2.28. The zero-order valence-electron chi connectivity index (χ0n) is 10.1. The lowest BCUT2D eigenvalue weighted by atomic mass is 9.81. The molecule has 17 heavy (non-hydrogen) atoms. The van der Waals surface area contributed by atoms with E-state index in [1.165, 1.54) is 11.1 Å². The van der Waals surface area contributed by atoms with Crippen LogP contribution in [0.15, 0.2) is 30.3 Å². The first kappa shape index (κ1) is 10.6. The SMILES string of the molecule is CC1(C)OC(=O)[C@@H]2Cc3ccccc3C=C[C@H]21. The second-order valence-corrected chi connectivity index (χ2v) is 5.42. The molecule has 1 heterocycles. The molecule has 1 aromatic rings. The molecule has 0 radical (unpaired) electrons. The van der Waals surface area contributed by atoms with E-state index in [1.807, 2.05) is 26.0 Å². The largest absolute Gasteiger partial charge is 0.459 e.